The minimum Gasteiger partial charge on any atom is -0.392 e. The molecule has 0 saturated heterocycles. The second-order valence-corrected chi connectivity index (χ2v) is 3.71. The summed E-state index contributed by atoms with van der Waals surface area (Å²) in [5.41, 5.74) is 3.60. The maximum atomic E-state index is 9.06. The molecule has 2 N–H and O–H groups in total. The molecule has 0 aliphatic rings. The van der Waals surface area contributed by atoms with Gasteiger partial charge in [0, 0.05) is 16.9 Å². The summed E-state index contributed by atoms with van der Waals surface area (Å²) in [7, 11) is 0. The second-order valence-electron chi connectivity index (χ2n) is 3.71. The lowest BCUT2D eigenvalue weighted by Crippen LogP contribution is -1.92. The number of hydrogen-bond acceptors (Lipinski definition) is 2. The van der Waals surface area contributed by atoms with Crippen LogP contribution < -0.4 is 5.32 Å². The van der Waals surface area contributed by atoms with Crippen molar-refractivity contribution in [2.75, 3.05) is 5.32 Å². The molecule has 0 heterocycles. The fourth-order valence-corrected chi connectivity index (χ4v) is 1.60. The first kappa shape index (κ1) is 11.3. The van der Waals surface area contributed by atoms with E-state index < -0.39 is 0 Å². The molecule has 2 aromatic carbocycles. The Bertz CT molecular complexity index is 555. The smallest absolute Gasteiger partial charge is 0.0682 e. The lowest BCUT2D eigenvalue weighted by Gasteiger charge is -2.07. The van der Waals surface area contributed by atoms with Crippen molar-refractivity contribution in [2.45, 2.75) is 6.61 Å². The SMILES string of the molecule is C#Cc1cccc(Nc2cccc(CO)c2)c1. The predicted molar refractivity (Wildman–Crippen MR) is 70.0 cm³/mol. The molecular weight excluding hydrogens is 210 g/mol. The number of terminal acetylenes is 1. The largest absolute Gasteiger partial charge is 0.392 e. The fourth-order valence-electron chi connectivity index (χ4n) is 1.60. The first-order chi connectivity index (χ1) is 8.31. The van der Waals surface area contributed by atoms with Gasteiger partial charge in [-0.05, 0) is 35.9 Å². The number of benzene rings is 2. The molecule has 17 heavy (non-hydrogen) atoms. The van der Waals surface area contributed by atoms with E-state index in [9.17, 15) is 0 Å². The third kappa shape index (κ3) is 2.87. The summed E-state index contributed by atoms with van der Waals surface area (Å²) in [6.07, 6.45) is 5.35. The van der Waals surface area contributed by atoms with E-state index in [1.54, 1.807) is 0 Å². The highest BCUT2D eigenvalue weighted by atomic mass is 16.3. The van der Waals surface area contributed by atoms with Crippen LogP contribution in [0.4, 0.5) is 11.4 Å². The van der Waals surface area contributed by atoms with Gasteiger partial charge < -0.3 is 10.4 Å². The first-order valence-corrected chi connectivity index (χ1v) is 5.35. The molecule has 0 spiro atoms. The minimum atomic E-state index is 0.0416. The number of aliphatic hydroxyl groups excluding tert-OH is 1. The Labute approximate surface area is 101 Å². The van der Waals surface area contributed by atoms with E-state index in [4.69, 9.17) is 11.5 Å². The molecule has 0 bridgehead atoms. The monoisotopic (exact) mass is 223 g/mol. The van der Waals surface area contributed by atoms with Crippen molar-refractivity contribution in [1.82, 2.24) is 0 Å². The van der Waals surface area contributed by atoms with Crippen LogP contribution in [-0.2, 0) is 6.61 Å². The van der Waals surface area contributed by atoms with Crippen LogP contribution in [0.2, 0.25) is 0 Å². The molecule has 0 unspecified atom stereocenters. The van der Waals surface area contributed by atoms with Crippen LogP contribution in [0.1, 0.15) is 11.1 Å². The zero-order chi connectivity index (χ0) is 12.1. The Morgan fingerprint density at radius 1 is 1.06 bits per heavy atom. The molecule has 0 saturated carbocycles. The van der Waals surface area contributed by atoms with Crippen LogP contribution in [-0.4, -0.2) is 5.11 Å². The summed E-state index contributed by atoms with van der Waals surface area (Å²) in [6.45, 7) is 0.0416. The number of aliphatic hydroxyl groups is 1. The quantitative estimate of drug-likeness (QED) is 0.784. The summed E-state index contributed by atoms with van der Waals surface area (Å²) >= 11 is 0. The van der Waals surface area contributed by atoms with Crippen molar-refractivity contribution in [3.8, 4) is 12.3 Å². The van der Waals surface area contributed by atoms with Gasteiger partial charge in [0.25, 0.3) is 0 Å². The molecule has 0 aliphatic heterocycles. The van der Waals surface area contributed by atoms with E-state index in [2.05, 4.69) is 11.2 Å². The number of rotatable bonds is 3. The Morgan fingerprint density at radius 2 is 1.76 bits per heavy atom. The molecule has 0 atom stereocenters. The maximum absolute atomic E-state index is 9.06. The Hall–Kier alpha value is -2.24. The summed E-state index contributed by atoms with van der Waals surface area (Å²) in [6, 6.07) is 15.3. The highest BCUT2D eigenvalue weighted by Crippen LogP contribution is 2.18. The van der Waals surface area contributed by atoms with Gasteiger partial charge in [-0.1, -0.05) is 24.1 Å². The van der Waals surface area contributed by atoms with Crippen LogP contribution in [0, 0.1) is 12.3 Å². The third-order valence-corrected chi connectivity index (χ3v) is 2.43. The van der Waals surface area contributed by atoms with Crippen molar-refractivity contribution in [3.05, 3.63) is 59.7 Å². The molecule has 84 valence electrons. The van der Waals surface area contributed by atoms with Gasteiger partial charge in [0.2, 0.25) is 0 Å². The van der Waals surface area contributed by atoms with Crippen LogP contribution in [0.3, 0.4) is 0 Å². The van der Waals surface area contributed by atoms with E-state index in [1.165, 1.54) is 0 Å². The standard InChI is InChI=1S/C15H13NO/c1-2-12-5-3-7-14(9-12)16-15-8-4-6-13(10-15)11-17/h1,3-10,16-17H,11H2. The fraction of sp³-hybridized carbons (Fsp3) is 0.0667. The van der Waals surface area contributed by atoms with E-state index in [0.717, 1.165) is 22.5 Å². The van der Waals surface area contributed by atoms with Crippen molar-refractivity contribution >= 4 is 11.4 Å². The van der Waals surface area contributed by atoms with Crippen molar-refractivity contribution in [2.24, 2.45) is 0 Å². The molecular formula is C15H13NO. The van der Waals surface area contributed by atoms with E-state index in [0.29, 0.717) is 0 Å². The average molecular weight is 223 g/mol. The highest BCUT2D eigenvalue weighted by molar-refractivity contribution is 5.62. The molecule has 0 radical (unpaired) electrons. The van der Waals surface area contributed by atoms with E-state index >= 15 is 0 Å². The molecule has 0 aromatic heterocycles. The van der Waals surface area contributed by atoms with Gasteiger partial charge >= 0.3 is 0 Å². The van der Waals surface area contributed by atoms with Gasteiger partial charge in [-0.15, -0.1) is 6.42 Å². The molecule has 2 aromatic rings. The van der Waals surface area contributed by atoms with E-state index in [-0.39, 0.29) is 6.61 Å². The van der Waals surface area contributed by atoms with Gasteiger partial charge in [0.1, 0.15) is 0 Å². The number of nitrogens with one attached hydrogen (secondary N) is 1. The Balaban J connectivity index is 2.22. The van der Waals surface area contributed by atoms with Gasteiger partial charge in [-0.25, -0.2) is 0 Å². The van der Waals surface area contributed by atoms with Crippen LogP contribution in [0.15, 0.2) is 48.5 Å². The Morgan fingerprint density at radius 3 is 2.47 bits per heavy atom. The first-order valence-electron chi connectivity index (χ1n) is 5.35. The zero-order valence-electron chi connectivity index (χ0n) is 9.35. The van der Waals surface area contributed by atoms with E-state index in [1.807, 2.05) is 48.5 Å². The predicted octanol–water partition coefficient (Wildman–Crippen LogP) is 2.90. The van der Waals surface area contributed by atoms with Gasteiger partial charge in [0.15, 0.2) is 0 Å². The zero-order valence-corrected chi connectivity index (χ0v) is 9.35. The third-order valence-electron chi connectivity index (χ3n) is 2.43. The van der Waals surface area contributed by atoms with Crippen molar-refractivity contribution in [3.63, 3.8) is 0 Å². The average Bonchev–Trinajstić information content (AvgIpc) is 2.39. The lowest BCUT2D eigenvalue weighted by molar-refractivity contribution is 0.282. The van der Waals surface area contributed by atoms with Crippen LogP contribution in [0.25, 0.3) is 0 Å². The second kappa shape index (κ2) is 5.20. The lowest BCUT2D eigenvalue weighted by atomic mass is 10.2. The molecule has 0 amide bonds. The Kier molecular flexibility index (Phi) is 3.44. The van der Waals surface area contributed by atoms with Gasteiger partial charge in [0.05, 0.1) is 6.61 Å². The normalized spacial score (nSPS) is 9.65. The minimum absolute atomic E-state index is 0.0416. The summed E-state index contributed by atoms with van der Waals surface area (Å²) in [5, 5.41) is 12.3. The van der Waals surface area contributed by atoms with Crippen LogP contribution in [0.5, 0.6) is 0 Å². The molecule has 0 fully saturated rings. The topological polar surface area (TPSA) is 32.3 Å². The maximum Gasteiger partial charge on any atom is 0.0682 e. The summed E-state index contributed by atoms with van der Waals surface area (Å²) in [5.74, 6) is 2.60. The van der Waals surface area contributed by atoms with Crippen molar-refractivity contribution < 1.29 is 5.11 Å². The van der Waals surface area contributed by atoms with Gasteiger partial charge in [-0.2, -0.15) is 0 Å². The number of anilines is 2. The molecule has 2 rings (SSSR count). The summed E-state index contributed by atoms with van der Waals surface area (Å²) < 4.78 is 0. The summed E-state index contributed by atoms with van der Waals surface area (Å²) in [4.78, 5) is 0. The number of hydrogen-bond donors (Lipinski definition) is 2. The van der Waals surface area contributed by atoms with Gasteiger partial charge in [-0.3, -0.25) is 0 Å². The molecule has 2 heteroatoms. The highest BCUT2D eigenvalue weighted by Gasteiger charge is 1.97. The van der Waals surface area contributed by atoms with Crippen molar-refractivity contribution in [1.29, 1.82) is 0 Å². The molecule has 2 nitrogen and oxygen atoms in total. The van der Waals surface area contributed by atoms with Crippen LogP contribution >= 0.6 is 0 Å². The molecule has 0 aliphatic carbocycles.